The summed E-state index contributed by atoms with van der Waals surface area (Å²) in [6.07, 6.45) is 0. The molecule has 1 heteroatoms. The van der Waals surface area contributed by atoms with Crippen molar-refractivity contribution in [3.05, 3.63) is 34.4 Å². The molecule has 0 aliphatic carbocycles. The quantitative estimate of drug-likeness (QED) is 0.604. The SMILES string of the molecule is Cc1cc(C)c([CH]=[Cu])c(C)c1. The van der Waals surface area contributed by atoms with Gasteiger partial charge in [0.2, 0.25) is 0 Å². The van der Waals surface area contributed by atoms with Crippen LogP contribution in [0.5, 0.6) is 0 Å². The molecule has 1 rings (SSSR count). The van der Waals surface area contributed by atoms with Gasteiger partial charge in [-0.1, -0.05) is 0 Å². The summed E-state index contributed by atoms with van der Waals surface area (Å²) in [4.78, 5) is 1.73. The van der Waals surface area contributed by atoms with E-state index in [2.05, 4.69) is 32.9 Å². The molecule has 0 radical (unpaired) electrons. The summed E-state index contributed by atoms with van der Waals surface area (Å²) in [5.74, 6) is 0. The third kappa shape index (κ3) is 1.79. The molecule has 0 amide bonds. The van der Waals surface area contributed by atoms with Gasteiger partial charge in [0.05, 0.1) is 0 Å². The fraction of sp³-hybridized carbons (Fsp3) is 0.300. The van der Waals surface area contributed by atoms with Crippen molar-refractivity contribution in [1.29, 1.82) is 0 Å². The number of aryl methyl sites for hydroxylation is 3. The first kappa shape index (κ1) is 8.70. The number of hydrogen-bond acceptors (Lipinski definition) is 0. The van der Waals surface area contributed by atoms with Gasteiger partial charge in [0.15, 0.2) is 0 Å². The Hall–Kier alpha value is -0.391. The second-order valence-electron chi connectivity index (χ2n) is 2.90. The van der Waals surface area contributed by atoms with Gasteiger partial charge in [-0.3, -0.25) is 0 Å². The van der Waals surface area contributed by atoms with Crippen LogP contribution in [0.4, 0.5) is 0 Å². The van der Waals surface area contributed by atoms with Gasteiger partial charge in [0.1, 0.15) is 0 Å². The van der Waals surface area contributed by atoms with Gasteiger partial charge in [-0.25, -0.2) is 0 Å². The van der Waals surface area contributed by atoms with Crippen molar-refractivity contribution in [2.24, 2.45) is 0 Å². The van der Waals surface area contributed by atoms with Crippen LogP contribution in [-0.2, 0) is 15.6 Å². The van der Waals surface area contributed by atoms with Gasteiger partial charge in [0, 0.05) is 0 Å². The van der Waals surface area contributed by atoms with Crippen molar-refractivity contribution in [3.8, 4) is 0 Å². The molecule has 0 aromatic heterocycles. The Labute approximate surface area is 76.0 Å². The number of rotatable bonds is 1. The average Bonchev–Trinajstić information content (AvgIpc) is 1.85. The van der Waals surface area contributed by atoms with Crippen LogP contribution >= 0.6 is 0 Å². The minimum atomic E-state index is 1.19. The fourth-order valence-corrected chi connectivity index (χ4v) is 1.76. The molecule has 1 aromatic carbocycles. The molecule has 0 heterocycles. The van der Waals surface area contributed by atoms with E-state index in [1.165, 1.54) is 22.3 Å². The molecule has 0 aliphatic rings. The normalized spacial score (nSPS) is 9.91. The molecular weight excluding hydrogens is 184 g/mol. The first-order chi connectivity index (χ1) is 5.15. The van der Waals surface area contributed by atoms with Crippen LogP contribution in [0.2, 0.25) is 0 Å². The predicted octanol–water partition coefficient (Wildman–Crippen LogP) is 2.31. The first-order valence-corrected chi connectivity index (χ1v) is 4.16. The molecular formula is C10H12Cu. The maximum absolute atomic E-state index is 5.05. The molecule has 0 spiro atoms. The van der Waals surface area contributed by atoms with Crippen molar-refractivity contribution in [3.63, 3.8) is 0 Å². The van der Waals surface area contributed by atoms with E-state index in [4.69, 9.17) is 15.6 Å². The summed E-state index contributed by atoms with van der Waals surface area (Å²) in [5.41, 5.74) is 5.03. The van der Waals surface area contributed by atoms with Crippen LogP contribution in [0.3, 0.4) is 0 Å². The zero-order chi connectivity index (χ0) is 8.43. The van der Waals surface area contributed by atoms with Crippen molar-refractivity contribution in [2.45, 2.75) is 20.8 Å². The Morgan fingerprint density at radius 2 is 1.55 bits per heavy atom. The van der Waals surface area contributed by atoms with Crippen LogP contribution in [0.1, 0.15) is 22.3 Å². The molecule has 0 fully saturated rings. The van der Waals surface area contributed by atoms with E-state index in [-0.39, 0.29) is 0 Å². The van der Waals surface area contributed by atoms with E-state index in [1.807, 2.05) is 0 Å². The summed E-state index contributed by atoms with van der Waals surface area (Å²) in [6, 6.07) is 4.31. The molecule has 1 aromatic rings. The van der Waals surface area contributed by atoms with Gasteiger partial charge >= 0.3 is 75.7 Å². The molecule has 0 N–H and O–H groups in total. The summed E-state index contributed by atoms with van der Waals surface area (Å²) in [6.45, 7) is 6.29. The molecule has 0 saturated carbocycles. The summed E-state index contributed by atoms with van der Waals surface area (Å²) >= 11 is 5.05. The molecule has 0 saturated heterocycles. The van der Waals surface area contributed by atoms with E-state index < -0.39 is 0 Å². The first-order valence-electron chi connectivity index (χ1n) is 3.62. The van der Waals surface area contributed by atoms with Crippen LogP contribution in [0, 0.1) is 20.8 Å². The van der Waals surface area contributed by atoms with Crippen molar-refractivity contribution in [1.82, 2.24) is 0 Å². The van der Waals surface area contributed by atoms with Gasteiger partial charge in [-0.05, 0) is 0 Å². The van der Waals surface area contributed by atoms with Crippen molar-refractivity contribution < 1.29 is 15.6 Å². The van der Waals surface area contributed by atoms with Crippen molar-refractivity contribution >= 4 is 4.92 Å². The van der Waals surface area contributed by atoms with Crippen LogP contribution in [0.15, 0.2) is 12.1 Å². The average molecular weight is 196 g/mol. The Morgan fingerprint density at radius 1 is 1.09 bits per heavy atom. The van der Waals surface area contributed by atoms with E-state index in [1.54, 1.807) is 4.92 Å². The second-order valence-corrected chi connectivity index (χ2v) is 3.17. The summed E-state index contributed by atoms with van der Waals surface area (Å²) in [5, 5.41) is 0. The molecule has 0 nitrogen and oxygen atoms in total. The summed E-state index contributed by atoms with van der Waals surface area (Å²) < 4.78 is 0. The van der Waals surface area contributed by atoms with Gasteiger partial charge < -0.3 is 0 Å². The molecule has 0 bridgehead atoms. The van der Waals surface area contributed by atoms with E-state index >= 15 is 0 Å². The molecule has 63 valence electrons. The van der Waals surface area contributed by atoms with Crippen LogP contribution in [0.25, 0.3) is 0 Å². The Bertz CT molecular complexity index is 264. The monoisotopic (exact) mass is 195 g/mol. The molecule has 0 unspecified atom stereocenters. The van der Waals surface area contributed by atoms with E-state index in [9.17, 15) is 0 Å². The number of hydrogen-bond donors (Lipinski definition) is 0. The van der Waals surface area contributed by atoms with E-state index in [0.717, 1.165) is 0 Å². The standard InChI is InChI=1S/C10H12.Cu/c1-7-5-8(2)10(4)9(3)6-7;/h4-6H,1-3H3;. The topological polar surface area (TPSA) is 0 Å². The third-order valence-corrected chi connectivity index (χ3v) is 2.10. The molecule has 0 aliphatic heterocycles. The zero-order valence-electron chi connectivity index (χ0n) is 7.03. The molecule has 0 atom stereocenters. The number of benzene rings is 1. The minimum absolute atomic E-state index is 1.19. The predicted molar refractivity (Wildman–Crippen MR) is 45.8 cm³/mol. The van der Waals surface area contributed by atoms with E-state index in [0.29, 0.717) is 0 Å². The van der Waals surface area contributed by atoms with Crippen LogP contribution < -0.4 is 0 Å². The third-order valence-electron chi connectivity index (χ3n) is 1.83. The van der Waals surface area contributed by atoms with Gasteiger partial charge in [-0.15, -0.1) is 0 Å². The van der Waals surface area contributed by atoms with Gasteiger partial charge in [-0.2, -0.15) is 0 Å². The fourth-order valence-electron chi connectivity index (χ4n) is 1.33. The Balaban J connectivity index is 3.36. The summed E-state index contributed by atoms with van der Waals surface area (Å²) in [7, 11) is 0. The molecule has 11 heavy (non-hydrogen) atoms. The van der Waals surface area contributed by atoms with Crippen molar-refractivity contribution in [2.75, 3.05) is 0 Å². The Morgan fingerprint density at radius 3 is 1.91 bits per heavy atom. The van der Waals surface area contributed by atoms with Crippen LogP contribution in [-0.4, -0.2) is 4.92 Å². The maximum atomic E-state index is 5.05. The second kappa shape index (κ2) is 3.34. The zero-order valence-corrected chi connectivity index (χ0v) is 7.98. The van der Waals surface area contributed by atoms with Gasteiger partial charge in [0.25, 0.3) is 0 Å². The Kier molecular flexibility index (Phi) is 2.64.